The lowest BCUT2D eigenvalue weighted by Crippen LogP contribution is -2.47. The van der Waals surface area contributed by atoms with Gasteiger partial charge in [-0.25, -0.2) is 0 Å². The van der Waals surface area contributed by atoms with Crippen LogP contribution >= 0.6 is 0 Å². The van der Waals surface area contributed by atoms with E-state index >= 15 is 0 Å². The lowest BCUT2D eigenvalue weighted by Gasteiger charge is -2.43. The second kappa shape index (κ2) is 8.83. The molecule has 2 saturated heterocycles. The van der Waals surface area contributed by atoms with Crippen molar-refractivity contribution in [2.45, 2.75) is 63.2 Å². The Hall–Kier alpha value is -1.59. The Morgan fingerprint density at radius 1 is 0.893 bits per heavy atom. The number of hydrogen-bond donors (Lipinski definition) is 0. The molecular weight excluding hydrogens is 350 g/mol. The molecule has 0 aromatic heterocycles. The van der Waals surface area contributed by atoms with Gasteiger partial charge in [0.15, 0.2) is 0 Å². The van der Waals surface area contributed by atoms with E-state index in [2.05, 4.69) is 21.9 Å². The van der Waals surface area contributed by atoms with Gasteiger partial charge in [-0.2, -0.15) is 0 Å². The second-order valence-corrected chi connectivity index (χ2v) is 8.89. The molecule has 1 saturated carbocycles. The first-order chi connectivity index (χ1) is 13.6. The van der Waals surface area contributed by atoms with E-state index in [1.807, 2.05) is 12.1 Å². The monoisotopic (exact) mass is 385 g/mol. The van der Waals surface area contributed by atoms with E-state index in [1.54, 1.807) is 19.0 Å². The topological polar surface area (TPSA) is 36.0 Å². The van der Waals surface area contributed by atoms with Crippen molar-refractivity contribution in [3.05, 3.63) is 29.8 Å². The van der Waals surface area contributed by atoms with Crippen molar-refractivity contribution >= 4 is 11.6 Å². The Morgan fingerprint density at radius 3 is 1.96 bits per heavy atom. The number of carbonyl (C=O) groups excluding carboxylic acids is 1. The lowest BCUT2D eigenvalue weighted by atomic mass is 9.89. The fourth-order valence-corrected chi connectivity index (χ4v) is 4.72. The maximum Gasteiger partial charge on any atom is 0.253 e. The Morgan fingerprint density at radius 2 is 1.46 bits per heavy atom. The van der Waals surface area contributed by atoms with E-state index in [9.17, 15) is 4.79 Å². The number of anilines is 1. The van der Waals surface area contributed by atoms with Gasteiger partial charge in [-0.1, -0.05) is 6.42 Å². The number of carbonyl (C=O) groups is 1. The first-order valence-corrected chi connectivity index (χ1v) is 11.1. The van der Waals surface area contributed by atoms with Gasteiger partial charge < -0.3 is 19.4 Å². The number of ether oxygens (including phenoxy) is 1. The maximum absolute atomic E-state index is 12.0. The number of nitrogens with zero attached hydrogens (tertiary/aromatic N) is 3. The highest BCUT2D eigenvalue weighted by Crippen LogP contribution is 2.29. The van der Waals surface area contributed by atoms with Crippen molar-refractivity contribution in [2.75, 3.05) is 45.2 Å². The average Bonchev–Trinajstić information content (AvgIpc) is 2.68. The van der Waals surface area contributed by atoms with Crippen molar-refractivity contribution in [3.63, 3.8) is 0 Å². The first-order valence-electron chi connectivity index (χ1n) is 11.1. The third kappa shape index (κ3) is 4.52. The van der Waals surface area contributed by atoms with Crippen LogP contribution in [0.3, 0.4) is 0 Å². The zero-order chi connectivity index (χ0) is 19.5. The van der Waals surface area contributed by atoms with Gasteiger partial charge in [-0.05, 0) is 62.8 Å². The number of rotatable bonds is 5. The second-order valence-electron chi connectivity index (χ2n) is 8.89. The molecule has 1 aromatic carbocycles. The summed E-state index contributed by atoms with van der Waals surface area (Å²) in [4.78, 5) is 18.8. The van der Waals surface area contributed by atoms with E-state index in [0.29, 0.717) is 12.2 Å². The molecule has 1 aliphatic carbocycles. The summed E-state index contributed by atoms with van der Waals surface area (Å²) in [6.45, 7) is 4.53. The van der Waals surface area contributed by atoms with Gasteiger partial charge >= 0.3 is 0 Å². The van der Waals surface area contributed by atoms with Crippen molar-refractivity contribution in [2.24, 2.45) is 0 Å². The highest BCUT2D eigenvalue weighted by Gasteiger charge is 2.30. The molecule has 3 fully saturated rings. The molecular formula is C23H35N3O2. The van der Waals surface area contributed by atoms with Crippen LogP contribution in [0.1, 0.15) is 55.3 Å². The molecule has 154 valence electrons. The minimum absolute atomic E-state index is 0.0574. The van der Waals surface area contributed by atoms with Crippen LogP contribution in [-0.4, -0.2) is 74.2 Å². The normalized spacial score (nSPS) is 22.9. The summed E-state index contributed by atoms with van der Waals surface area (Å²) >= 11 is 0. The predicted octanol–water partition coefficient (Wildman–Crippen LogP) is 3.39. The zero-order valence-corrected chi connectivity index (χ0v) is 17.5. The van der Waals surface area contributed by atoms with Crippen molar-refractivity contribution in [1.29, 1.82) is 0 Å². The van der Waals surface area contributed by atoms with Gasteiger partial charge in [0, 0.05) is 57.6 Å². The summed E-state index contributed by atoms with van der Waals surface area (Å²) in [6.07, 6.45) is 9.73. The van der Waals surface area contributed by atoms with Crippen molar-refractivity contribution in [1.82, 2.24) is 9.80 Å². The molecule has 3 aliphatic rings. The van der Waals surface area contributed by atoms with Crippen molar-refractivity contribution in [3.8, 4) is 0 Å². The Labute approximate surface area is 169 Å². The summed E-state index contributed by atoms with van der Waals surface area (Å²) in [7, 11) is 3.58. The zero-order valence-electron chi connectivity index (χ0n) is 17.5. The maximum atomic E-state index is 12.0. The van der Waals surface area contributed by atoms with E-state index in [1.165, 1.54) is 50.9 Å². The van der Waals surface area contributed by atoms with Gasteiger partial charge in [0.2, 0.25) is 0 Å². The highest BCUT2D eigenvalue weighted by molar-refractivity contribution is 5.94. The number of benzene rings is 1. The van der Waals surface area contributed by atoms with Crippen LogP contribution in [-0.2, 0) is 4.74 Å². The molecule has 1 amide bonds. The molecule has 28 heavy (non-hydrogen) atoms. The van der Waals surface area contributed by atoms with E-state index in [4.69, 9.17) is 4.74 Å². The molecule has 0 unspecified atom stereocenters. The fourth-order valence-electron chi connectivity index (χ4n) is 4.72. The minimum Gasteiger partial charge on any atom is -0.375 e. The van der Waals surface area contributed by atoms with Crippen LogP contribution in [0.5, 0.6) is 0 Å². The van der Waals surface area contributed by atoms with E-state index in [0.717, 1.165) is 37.5 Å². The van der Waals surface area contributed by atoms with Crippen LogP contribution in [0.2, 0.25) is 0 Å². The predicted molar refractivity (Wildman–Crippen MR) is 113 cm³/mol. The molecule has 2 heterocycles. The van der Waals surface area contributed by atoms with Crippen LogP contribution < -0.4 is 4.90 Å². The van der Waals surface area contributed by atoms with Crippen LogP contribution in [0.15, 0.2) is 24.3 Å². The van der Waals surface area contributed by atoms with Gasteiger partial charge in [0.05, 0.1) is 12.2 Å². The number of hydrogen-bond acceptors (Lipinski definition) is 4. The summed E-state index contributed by atoms with van der Waals surface area (Å²) < 4.78 is 6.47. The molecule has 0 spiro atoms. The standard InChI is InChI=1S/C23H35N3O2/c1-24(2)23(27)18-6-8-20(9-7-18)26-16-12-22(13-17-26)28-21-10-14-25(15-11-21)19-4-3-5-19/h6-9,19,21-22H,3-5,10-17H2,1-2H3. The van der Waals surface area contributed by atoms with Crippen LogP contribution in [0, 0.1) is 0 Å². The Bertz CT molecular complexity index is 640. The summed E-state index contributed by atoms with van der Waals surface area (Å²) in [5.41, 5.74) is 1.96. The molecule has 5 nitrogen and oxygen atoms in total. The van der Waals surface area contributed by atoms with Gasteiger partial charge in [0.1, 0.15) is 0 Å². The fraction of sp³-hybridized carbons (Fsp3) is 0.696. The third-order valence-electron chi connectivity index (χ3n) is 6.78. The Balaban J connectivity index is 1.21. The van der Waals surface area contributed by atoms with Crippen molar-refractivity contribution < 1.29 is 9.53 Å². The molecule has 0 radical (unpaired) electrons. The number of piperidine rings is 2. The highest BCUT2D eigenvalue weighted by atomic mass is 16.5. The molecule has 0 bridgehead atoms. The quantitative estimate of drug-likeness (QED) is 0.778. The summed E-state index contributed by atoms with van der Waals surface area (Å²) in [5, 5.41) is 0. The lowest BCUT2D eigenvalue weighted by molar-refractivity contribution is -0.0598. The summed E-state index contributed by atoms with van der Waals surface area (Å²) in [6, 6.07) is 8.91. The molecule has 1 aromatic rings. The SMILES string of the molecule is CN(C)C(=O)c1ccc(N2CCC(OC3CCN(C4CCC4)CC3)CC2)cc1. The molecule has 0 atom stereocenters. The van der Waals surface area contributed by atoms with Gasteiger partial charge in [-0.3, -0.25) is 4.79 Å². The average molecular weight is 386 g/mol. The van der Waals surface area contributed by atoms with Crippen LogP contribution in [0.25, 0.3) is 0 Å². The number of amides is 1. The molecule has 2 aliphatic heterocycles. The molecule has 0 N–H and O–H groups in total. The van der Waals surface area contributed by atoms with Gasteiger partial charge in [0.25, 0.3) is 5.91 Å². The first kappa shape index (κ1) is 19.7. The van der Waals surface area contributed by atoms with E-state index < -0.39 is 0 Å². The number of likely N-dealkylation sites (tertiary alicyclic amines) is 1. The molecule has 4 rings (SSSR count). The largest absolute Gasteiger partial charge is 0.375 e. The molecule has 5 heteroatoms. The van der Waals surface area contributed by atoms with Crippen LogP contribution in [0.4, 0.5) is 5.69 Å². The third-order valence-corrected chi connectivity index (χ3v) is 6.78. The minimum atomic E-state index is 0.0574. The van der Waals surface area contributed by atoms with Gasteiger partial charge in [-0.15, -0.1) is 0 Å². The van der Waals surface area contributed by atoms with E-state index in [-0.39, 0.29) is 5.91 Å². The summed E-state index contributed by atoms with van der Waals surface area (Å²) in [5.74, 6) is 0.0574. The smallest absolute Gasteiger partial charge is 0.253 e. The Kier molecular flexibility index (Phi) is 6.22.